The first-order valence-electron chi connectivity index (χ1n) is 4.27. The molecule has 0 saturated carbocycles. The lowest BCUT2D eigenvalue weighted by molar-refractivity contribution is -0.119. The third kappa shape index (κ3) is 0.460. The van der Waals surface area contributed by atoms with Crippen LogP contribution in [0.3, 0.4) is 0 Å². The Hall–Kier alpha value is -0.890. The largest absolute Gasteiger partial charge is 0.376 e. The van der Waals surface area contributed by atoms with Crippen LogP contribution in [0.5, 0.6) is 0 Å². The molecule has 0 radical (unpaired) electrons. The van der Waals surface area contributed by atoms with E-state index in [0.29, 0.717) is 19.0 Å². The predicted octanol–water partition coefficient (Wildman–Crippen LogP) is 1.09. The van der Waals surface area contributed by atoms with Crippen LogP contribution >= 0.6 is 0 Å². The number of rotatable bonds is 0. The smallest absolute Gasteiger partial charge is 0.166 e. The van der Waals surface area contributed by atoms with E-state index in [2.05, 4.69) is 6.08 Å². The molecule has 2 atom stereocenters. The Morgan fingerprint density at radius 2 is 2.50 bits per heavy atom. The van der Waals surface area contributed by atoms with Gasteiger partial charge in [-0.15, -0.1) is 0 Å². The molecule has 0 N–H and O–H groups in total. The van der Waals surface area contributed by atoms with E-state index < -0.39 is 0 Å². The lowest BCUT2D eigenvalue weighted by atomic mass is 9.67. The highest BCUT2D eigenvalue weighted by molar-refractivity contribution is 6.04. The molecule has 1 spiro atoms. The van der Waals surface area contributed by atoms with Gasteiger partial charge in [-0.2, -0.15) is 0 Å². The maximum absolute atomic E-state index is 11.6. The molecule has 2 unspecified atom stereocenters. The van der Waals surface area contributed by atoms with Crippen LogP contribution in [0.25, 0.3) is 0 Å². The Balaban J connectivity index is 2.23. The van der Waals surface area contributed by atoms with Gasteiger partial charge in [0.2, 0.25) is 0 Å². The van der Waals surface area contributed by atoms with Crippen LogP contribution in [-0.4, -0.2) is 19.0 Å². The van der Waals surface area contributed by atoms with E-state index in [1.165, 1.54) is 5.57 Å². The molecule has 2 aliphatic carbocycles. The molecule has 12 heavy (non-hydrogen) atoms. The first kappa shape index (κ1) is 6.61. The van der Waals surface area contributed by atoms with Gasteiger partial charge >= 0.3 is 0 Å². The summed E-state index contributed by atoms with van der Waals surface area (Å²) in [7, 11) is 0. The SMILES string of the molecule is CC1=C2COCC23C=CC3C1=O. The highest BCUT2D eigenvalue weighted by Gasteiger charge is 2.56. The molecule has 3 aliphatic rings. The van der Waals surface area contributed by atoms with Crippen molar-refractivity contribution in [3.8, 4) is 0 Å². The van der Waals surface area contributed by atoms with Gasteiger partial charge in [-0.05, 0) is 18.1 Å². The standard InChI is InChI=1S/C10H10O2/c1-6-8-4-12-5-10(8)3-2-7(10)9(6)11/h2-3,7H,4-5H2,1H3. The molecule has 0 amide bonds. The van der Waals surface area contributed by atoms with Gasteiger partial charge in [-0.1, -0.05) is 12.2 Å². The number of Topliss-reactive ketones (excluding diaryl/α,β-unsaturated/α-hetero) is 1. The van der Waals surface area contributed by atoms with Gasteiger partial charge in [-0.25, -0.2) is 0 Å². The van der Waals surface area contributed by atoms with E-state index >= 15 is 0 Å². The second-order valence-corrected chi connectivity index (χ2v) is 3.84. The van der Waals surface area contributed by atoms with Crippen LogP contribution in [-0.2, 0) is 9.53 Å². The molecule has 2 heteroatoms. The second kappa shape index (κ2) is 1.72. The lowest BCUT2D eigenvalue weighted by Crippen LogP contribution is -2.35. The van der Waals surface area contributed by atoms with E-state index in [1.807, 2.05) is 13.0 Å². The summed E-state index contributed by atoms with van der Waals surface area (Å²) in [6.07, 6.45) is 4.14. The minimum Gasteiger partial charge on any atom is -0.376 e. The Morgan fingerprint density at radius 1 is 1.67 bits per heavy atom. The summed E-state index contributed by atoms with van der Waals surface area (Å²) in [6.45, 7) is 3.30. The number of hydrogen-bond acceptors (Lipinski definition) is 2. The van der Waals surface area contributed by atoms with E-state index in [0.717, 1.165) is 5.57 Å². The minimum absolute atomic E-state index is 0.0150. The molecule has 2 nitrogen and oxygen atoms in total. The van der Waals surface area contributed by atoms with Crippen molar-refractivity contribution in [2.75, 3.05) is 13.2 Å². The summed E-state index contributed by atoms with van der Waals surface area (Å²) in [4.78, 5) is 11.6. The lowest BCUT2D eigenvalue weighted by Gasteiger charge is -2.33. The summed E-state index contributed by atoms with van der Waals surface area (Å²) in [5.74, 6) is 0.436. The number of allylic oxidation sites excluding steroid dienone is 2. The third-order valence-corrected chi connectivity index (χ3v) is 3.39. The normalized spacial score (nSPS) is 43.1. The molecule has 1 heterocycles. The maximum atomic E-state index is 11.6. The summed E-state index contributed by atoms with van der Waals surface area (Å²) in [5, 5.41) is 0. The molecule has 1 fully saturated rings. The number of ether oxygens (including phenoxy) is 1. The monoisotopic (exact) mass is 162 g/mol. The second-order valence-electron chi connectivity index (χ2n) is 3.84. The fourth-order valence-electron chi connectivity index (χ4n) is 2.56. The Morgan fingerprint density at radius 3 is 3.08 bits per heavy atom. The van der Waals surface area contributed by atoms with Gasteiger partial charge < -0.3 is 4.74 Å². The van der Waals surface area contributed by atoms with Crippen molar-refractivity contribution in [3.63, 3.8) is 0 Å². The summed E-state index contributed by atoms with van der Waals surface area (Å²) in [5.41, 5.74) is 2.20. The van der Waals surface area contributed by atoms with Gasteiger partial charge in [0.05, 0.1) is 19.1 Å². The van der Waals surface area contributed by atoms with Crippen LogP contribution in [0.15, 0.2) is 23.3 Å². The zero-order chi connectivity index (χ0) is 8.34. The molecule has 1 aliphatic heterocycles. The average Bonchev–Trinajstić information content (AvgIpc) is 2.50. The van der Waals surface area contributed by atoms with Crippen LogP contribution in [0.4, 0.5) is 0 Å². The van der Waals surface area contributed by atoms with Crippen molar-refractivity contribution in [3.05, 3.63) is 23.3 Å². The van der Waals surface area contributed by atoms with E-state index in [4.69, 9.17) is 4.74 Å². The topological polar surface area (TPSA) is 26.3 Å². The molecular weight excluding hydrogens is 152 g/mol. The molecule has 3 rings (SSSR count). The highest BCUT2D eigenvalue weighted by Crippen LogP contribution is 2.56. The molecular formula is C10H10O2. The first-order chi connectivity index (χ1) is 5.76. The molecule has 0 aromatic rings. The van der Waals surface area contributed by atoms with Crippen molar-refractivity contribution < 1.29 is 9.53 Å². The fourth-order valence-corrected chi connectivity index (χ4v) is 2.56. The van der Waals surface area contributed by atoms with Crippen molar-refractivity contribution in [2.24, 2.45) is 11.3 Å². The number of carbonyl (C=O) groups excluding carboxylic acids is 1. The molecule has 0 aromatic carbocycles. The zero-order valence-electron chi connectivity index (χ0n) is 6.96. The third-order valence-electron chi connectivity index (χ3n) is 3.39. The van der Waals surface area contributed by atoms with Crippen molar-refractivity contribution >= 4 is 5.78 Å². The quantitative estimate of drug-likeness (QED) is 0.498. The van der Waals surface area contributed by atoms with Gasteiger partial charge in [0, 0.05) is 5.41 Å². The van der Waals surface area contributed by atoms with Crippen LogP contribution in [0, 0.1) is 11.3 Å². The number of carbonyl (C=O) groups is 1. The Bertz CT molecular complexity index is 338. The van der Waals surface area contributed by atoms with E-state index in [9.17, 15) is 4.79 Å². The Kier molecular flexibility index (Phi) is 0.945. The van der Waals surface area contributed by atoms with Crippen molar-refractivity contribution in [1.82, 2.24) is 0 Å². The minimum atomic E-state index is 0.0150. The maximum Gasteiger partial charge on any atom is 0.166 e. The van der Waals surface area contributed by atoms with Crippen molar-refractivity contribution in [2.45, 2.75) is 6.92 Å². The predicted molar refractivity (Wildman–Crippen MR) is 43.6 cm³/mol. The van der Waals surface area contributed by atoms with Crippen LogP contribution in [0.1, 0.15) is 6.92 Å². The Labute approximate surface area is 70.9 Å². The van der Waals surface area contributed by atoms with Crippen molar-refractivity contribution in [1.29, 1.82) is 0 Å². The number of hydrogen-bond donors (Lipinski definition) is 0. The van der Waals surface area contributed by atoms with Gasteiger partial charge in [0.15, 0.2) is 5.78 Å². The fraction of sp³-hybridized carbons (Fsp3) is 0.500. The van der Waals surface area contributed by atoms with Gasteiger partial charge in [0.25, 0.3) is 0 Å². The highest BCUT2D eigenvalue weighted by atomic mass is 16.5. The summed E-state index contributed by atoms with van der Waals surface area (Å²) in [6, 6.07) is 0. The van der Waals surface area contributed by atoms with E-state index in [1.54, 1.807) is 0 Å². The molecule has 62 valence electrons. The van der Waals surface area contributed by atoms with E-state index in [-0.39, 0.29) is 11.3 Å². The van der Waals surface area contributed by atoms with Crippen LogP contribution < -0.4 is 0 Å². The summed E-state index contributed by atoms with van der Waals surface area (Å²) < 4.78 is 5.39. The summed E-state index contributed by atoms with van der Waals surface area (Å²) >= 11 is 0. The first-order valence-corrected chi connectivity index (χ1v) is 4.27. The molecule has 0 aromatic heterocycles. The molecule has 1 saturated heterocycles. The average molecular weight is 162 g/mol. The molecule has 0 bridgehead atoms. The number of ketones is 1. The van der Waals surface area contributed by atoms with Crippen LogP contribution in [0.2, 0.25) is 0 Å². The zero-order valence-corrected chi connectivity index (χ0v) is 6.96. The van der Waals surface area contributed by atoms with Gasteiger partial charge in [-0.3, -0.25) is 4.79 Å². The van der Waals surface area contributed by atoms with Gasteiger partial charge in [0.1, 0.15) is 0 Å².